The van der Waals surface area contributed by atoms with Gasteiger partial charge in [-0.15, -0.1) is 11.3 Å². The second-order valence-corrected chi connectivity index (χ2v) is 16.0. The van der Waals surface area contributed by atoms with Crippen LogP contribution in [0.25, 0.3) is 22.4 Å². The molecule has 53 heavy (non-hydrogen) atoms. The lowest BCUT2D eigenvalue weighted by Gasteiger charge is -2.38. The summed E-state index contributed by atoms with van der Waals surface area (Å²) in [5, 5.41) is 5.38. The summed E-state index contributed by atoms with van der Waals surface area (Å²) in [6.07, 6.45) is 3.35. The van der Waals surface area contributed by atoms with E-state index in [1.54, 1.807) is 0 Å². The molecule has 1 atom stereocenters. The van der Waals surface area contributed by atoms with Crippen LogP contribution < -0.4 is 20.3 Å². The summed E-state index contributed by atoms with van der Waals surface area (Å²) in [5.74, 6) is 0.616. The maximum Gasteiger partial charge on any atom is 0.265 e. The van der Waals surface area contributed by atoms with Crippen molar-refractivity contribution in [1.29, 1.82) is 0 Å². The van der Waals surface area contributed by atoms with Gasteiger partial charge < -0.3 is 19.9 Å². The number of nitrogens with zero attached hydrogens (tertiary/aromatic N) is 4. The molecule has 2 N–H and O–H groups in total. The fraction of sp³-hybridized carbons (Fsp3) is 0.429. The number of pyridine rings is 1. The molecular formula is C42H48N6O4S. The third kappa shape index (κ3) is 7.60. The van der Waals surface area contributed by atoms with Crippen LogP contribution in [0.3, 0.4) is 0 Å². The van der Waals surface area contributed by atoms with Crippen molar-refractivity contribution in [3.05, 3.63) is 87.2 Å². The Morgan fingerprint density at radius 3 is 2.21 bits per heavy atom. The highest BCUT2D eigenvalue weighted by atomic mass is 32.1. The first kappa shape index (κ1) is 35.4. The van der Waals surface area contributed by atoms with Crippen molar-refractivity contribution >= 4 is 34.7 Å². The molecule has 3 amide bonds. The van der Waals surface area contributed by atoms with Crippen LogP contribution >= 0.6 is 11.3 Å². The van der Waals surface area contributed by atoms with Crippen LogP contribution in [0.15, 0.2) is 60.7 Å². The Balaban J connectivity index is 0.796. The summed E-state index contributed by atoms with van der Waals surface area (Å²) in [6, 6.07) is 21.6. The number of imide groups is 1. The zero-order valence-electron chi connectivity index (χ0n) is 30.7. The van der Waals surface area contributed by atoms with Crippen LogP contribution in [-0.4, -0.2) is 98.0 Å². The Labute approximate surface area is 315 Å². The number of benzene rings is 2. The average Bonchev–Trinajstić information content (AvgIpc) is 3.40. The third-order valence-corrected chi connectivity index (χ3v) is 12.6. The van der Waals surface area contributed by atoms with Gasteiger partial charge >= 0.3 is 0 Å². The summed E-state index contributed by atoms with van der Waals surface area (Å²) in [6.45, 7) is 13.6. The minimum Gasteiger partial charge on any atom is -0.489 e. The highest BCUT2D eigenvalue weighted by molar-refractivity contribution is 7.15. The van der Waals surface area contributed by atoms with E-state index in [1.807, 2.05) is 13.8 Å². The molecule has 6 heterocycles. The number of hydrogen-bond donors (Lipinski definition) is 2. The van der Waals surface area contributed by atoms with Gasteiger partial charge in [0.1, 0.15) is 11.5 Å². The predicted octanol–water partition coefficient (Wildman–Crippen LogP) is 5.74. The van der Waals surface area contributed by atoms with Crippen molar-refractivity contribution in [3.63, 3.8) is 0 Å². The fourth-order valence-electron chi connectivity index (χ4n) is 8.36. The van der Waals surface area contributed by atoms with Crippen LogP contribution in [0.5, 0.6) is 5.75 Å². The van der Waals surface area contributed by atoms with Gasteiger partial charge in [-0.25, -0.2) is 0 Å². The summed E-state index contributed by atoms with van der Waals surface area (Å²) in [5.41, 5.74) is 8.59. The average molecular weight is 733 g/mol. The number of nitrogens with one attached hydrogen (secondary N) is 2. The topological polar surface area (TPSA) is 107 Å². The van der Waals surface area contributed by atoms with Gasteiger partial charge in [0.05, 0.1) is 18.2 Å². The second kappa shape index (κ2) is 15.4. The van der Waals surface area contributed by atoms with E-state index in [1.165, 1.54) is 35.4 Å². The van der Waals surface area contributed by atoms with Gasteiger partial charge in [0.15, 0.2) is 5.75 Å². The van der Waals surface area contributed by atoms with Gasteiger partial charge in [-0.1, -0.05) is 42.5 Å². The molecule has 0 saturated carbocycles. The molecule has 3 fully saturated rings. The highest BCUT2D eigenvalue weighted by Crippen LogP contribution is 2.44. The van der Waals surface area contributed by atoms with Crippen LogP contribution in [0.2, 0.25) is 0 Å². The van der Waals surface area contributed by atoms with Crippen molar-refractivity contribution in [2.75, 3.05) is 70.4 Å². The van der Waals surface area contributed by atoms with E-state index in [0.717, 1.165) is 90.9 Å². The van der Waals surface area contributed by atoms with Gasteiger partial charge in [-0.05, 0) is 81.4 Å². The molecule has 4 aliphatic heterocycles. The van der Waals surface area contributed by atoms with E-state index in [9.17, 15) is 14.4 Å². The number of thiophene rings is 1. The fourth-order valence-corrected chi connectivity index (χ4v) is 9.39. The molecule has 0 bridgehead atoms. The molecule has 276 valence electrons. The van der Waals surface area contributed by atoms with E-state index in [2.05, 4.69) is 86.0 Å². The smallest absolute Gasteiger partial charge is 0.265 e. The number of aromatic nitrogens is 1. The number of piperazine rings is 1. The number of carbonyl (C=O) groups is 3. The Bertz CT molecular complexity index is 1980. The van der Waals surface area contributed by atoms with Gasteiger partial charge in [0, 0.05) is 78.6 Å². The number of likely N-dealkylation sites (tertiary alicyclic amines) is 1. The molecule has 0 spiro atoms. The molecule has 4 aromatic rings. The van der Waals surface area contributed by atoms with E-state index in [-0.39, 0.29) is 23.6 Å². The van der Waals surface area contributed by atoms with Crippen molar-refractivity contribution < 1.29 is 19.1 Å². The number of hydrogen-bond acceptors (Lipinski definition) is 9. The Morgan fingerprint density at radius 1 is 0.811 bits per heavy atom. The number of piperidine rings is 2. The molecule has 1 unspecified atom stereocenters. The van der Waals surface area contributed by atoms with Crippen LogP contribution in [-0.2, 0) is 9.59 Å². The van der Waals surface area contributed by atoms with E-state index in [0.29, 0.717) is 42.5 Å². The van der Waals surface area contributed by atoms with Gasteiger partial charge in [-0.2, -0.15) is 0 Å². The lowest BCUT2D eigenvalue weighted by atomic mass is 9.88. The minimum absolute atomic E-state index is 0.0641. The number of rotatable bonds is 8. The molecule has 10 nitrogen and oxygen atoms in total. The molecule has 0 aliphatic carbocycles. The number of anilines is 1. The number of fused-ring (bicyclic) bond motifs is 1. The number of aryl methyl sites for hydroxylation is 2. The molecular weight excluding hydrogens is 685 g/mol. The van der Waals surface area contributed by atoms with E-state index >= 15 is 0 Å². The first-order valence-corrected chi connectivity index (χ1v) is 19.9. The summed E-state index contributed by atoms with van der Waals surface area (Å²) in [4.78, 5) is 50.7. The number of carbonyl (C=O) groups excluding carboxylic acids is 3. The van der Waals surface area contributed by atoms with Gasteiger partial charge in [0.2, 0.25) is 11.8 Å². The monoisotopic (exact) mass is 732 g/mol. The van der Waals surface area contributed by atoms with Crippen LogP contribution in [0, 0.1) is 13.8 Å². The summed E-state index contributed by atoms with van der Waals surface area (Å²) in [7, 11) is 0. The summed E-state index contributed by atoms with van der Waals surface area (Å²) >= 11 is 1.48. The van der Waals surface area contributed by atoms with E-state index < -0.39 is 0 Å². The standard InChI is InChI=1S/C42H48N6O4S/c1-27-34(38-28(2)53-40-39(38)52-26-17-43-42(40)51)11-13-36(44-27)32-5-3-29(4-6-32)30-15-18-46(19-16-30)20-21-47-22-24-48(25-23-47)33-9-7-31(8-10-33)35-12-14-37(49)45-41(35)50/h3-11,13,30,35H,12,14-26H2,1-2H3,(H,43,51)(H,45,49,50). The molecule has 0 radical (unpaired) electrons. The first-order valence-electron chi connectivity index (χ1n) is 19.1. The molecule has 8 rings (SSSR count). The summed E-state index contributed by atoms with van der Waals surface area (Å²) < 4.78 is 6.03. The van der Waals surface area contributed by atoms with Crippen molar-refractivity contribution in [2.24, 2.45) is 0 Å². The van der Waals surface area contributed by atoms with Crippen molar-refractivity contribution in [3.8, 4) is 28.1 Å². The molecule has 3 saturated heterocycles. The molecule has 2 aromatic heterocycles. The first-order chi connectivity index (χ1) is 25.8. The van der Waals surface area contributed by atoms with Crippen molar-refractivity contribution in [2.45, 2.75) is 51.4 Å². The minimum atomic E-state index is -0.233. The third-order valence-electron chi connectivity index (χ3n) is 11.5. The lowest BCUT2D eigenvalue weighted by molar-refractivity contribution is -0.134. The van der Waals surface area contributed by atoms with Gasteiger partial charge in [0.25, 0.3) is 5.91 Å². The maximum atomic E-state index is 12.6. The molecule has 4 aliphatic rings. The highest BCUT2D eigenvalue weighted by Gasteiger charge is 2.29. The second-order valence-electron chi connectivity index (χ2n) is 14.8. The largest absolute Gasteiger partial charge is 0.489 e. The quantitative estimate of drug-likeness (QED) is 0.221. The number of amides is 3. The van der Waals surface area contributed by atoms with Gasteiger partial charge in [-0.3, -0.25) is 29.6 Å². The Kier molecular flexibility index (Phi) is 10.3. The van der Waals surface area contributed by atoms with Crippen molar-refractivity contribution in [1.82, 2.24) is 25.4 Å². The maximum absolute atomic E-state index is 12.6. The zero-order chi connectivity index (χ0) is 36.5. The SMILES string of the molecule is Cc1nc(-c2ccc(C3CCN(CCN4CCN(c5ccc(C6CCC(=O)NC6=O)cc5)CC4)CC3)cc2)ccc1-c1c(C)sc2c1OCCNC2=O. The van der Waals surface area contributed by atoms with E-state index in [4.69, 9.17) is 9.72 Å². The Hall–Kier alpha value is -4.58. The molecule has 2 aromatic carbocycles. The zero-order valence-corrected chi connectivity index (χ0v) is 31.5. The predicted molar refractivity (Wildman–Crippen MR) is 209 cm³/mol. The molecule has 11 heteroatoms. The lowest BCUT2D eigenvalue weighted by Crippen LogP contribution is -2.49. The number of ether oxygens (including phenoxy) is 1. The Morgan fingerprint density at radius 2 is 1.51 bits per heavy atom. The normalized spacial score (nSPS) is 20.4. The van der Waals surface area contributed by atoms with Crippen LogP contribution in [0.1, 0.15) is 68.9 Å². The van der Waals surface area contributed by atoms with Crippen LogP contribution in [0.4, 0.5) is 5.69 Å².